The van der Waals surface area contributed by atoms with Gasteiger partial charge in [0, 0.05) is 35.8 Å². The molecular weight excluding hydrogens is 365 g/mol. The summed E-state index contributed by atoms with van der Waals surface area (Å²) in [5, 5.41) is 20.9. The van der Waals surface area contributed by atoms with E-state index in [2.05, 4.69) is 15.7 Å². The quantitative estimate of drug-likeness (QED) is 0.500. The summed E-state index contributed by atoms with van der Waals surface area (Å²) in [5.74, 6) is -1.12. The second-order valence-corrected chi connectivity index (χ2v) is 6.48. The molecule has 2 aromatic carbocycles. The van der Waals surface area contributed by atoms with Crippen molar-refractivity contribution in [1.29, 1.82) is 0 Å². The number of hydrogen-bond acceptors (Lipinski definition) is 5. The summed E-state index contributed by atoms with van der Waals surface area (Å²) >= 11 is 0. The van der Waals surface area contributed by atoms with E-state index in [-0.39, 0.29) is 28.7 Å². The molecule has 2 N–H and O–H groups in total. The van der Waals surface area contributed by atoms with Crippen LogP contribution in [0.2, 0.25) is 0 Å². The molecule has 4 rings (SSSR count). The maximum absolute atomic E-state index is 14.3. The van der Waals surface area contributed by atoms with Gasteiger partial charge in [-0.25, -0.2) is 9.07 Å². The molecule has 1 saturated carbocycles. The van der Waals surface area contributed by atoms with Gasteiger partial charge in [0.15, 0.2) is 5.82 Å². The highest BCUT2D eigenvalue weighted by Crippen LogP contribution is 2.31. The number of hydrogen-bond donors (Lipinski definition) is 2. The monoisotopic (exact) mass is 381 g/mol. The Morgan fingerprint density at radius 2 is 2.07 bits per heavy atom. The topological polar surface area (TPSA) is 102 Å². The van der Waals surface area contributed by atoms with Gasteiger partial charge in [0.2, 0.25) is 0 Å². The van der Waals surface area contributed by atoms with Crippen molar-refractivity contribution in [3.63, 3.8) is 0 Å². The molecule has 3 aromatic rings. The maximum atomic E-state index is 14.3. The average molecular weight is 381 g/mol. The number of anilines is 2. The number of nitrogens with zero attached hydrogens (tertiary/aromatic N) is 3. The normalized spacial score (nSPS) is 13.2. The van der Waals surface area contributed by atoms with E-state index in [1.807, 2.05) is 0 Å². The zero-order valence-corrected chi connectivity index (χ0v) is 14.6. The molecule has 8 nitrogen and oxygen atoms in total. The number of carbonyl (C=O) groups excluding carboxylic acids is 1. The number of rotatable bonds is 6. The van der Waals surface area contributed by atoms with Crippen LogP contribution in [-0.4, -0.2) is 26.7 Å². The molecule has 1 aromatic heterocycles. The lowest BCUT2D eigenvalue weighted by Gasteiger charge is -2.10. The number of benzene rings is 2. The van der Waals surface area contributed by atoms with Crippen molar-refractivity contribution >= 4 is 23.0 Å². The number of nitrogens with one attached hydrogen (secondary N) is 2. The van der Waals surface area contributed by atoms with Gasteiger partial charge in [0.1, 0.15) is 11.4 Å². The van der Waals surface area contributed by atoms with Crippen LogP contribution >= 0.6 is 0 Å². The van der Waals surface area contributed by atoms with E-state index < -0.39 is 16.6 Å². The van der Waals surface area contributed by atoms with Gasteiger partial charge in [-0.05, 0) is 49.2 Å². The van der Waals surface area contributed by atoms with Gasteiger partial charge < -0.3 is 10.6 Å². The van der Waals surface area contributed by atoms with Crippen molar-refractivity contribution in [2.24, 2.45) is 0 Å². The van der Waals surface area contributed by atoms with E-state index in [0.717, 1.165) is 12.8 Å². The Labute approximate surface area is 159 Å². The lowest BCUT2D eigenvalue weighted by Crippen LogP contribution is -2.13. The van der Waals surface area contributed by atoms with Crippen LogP contribution in [0.15, 0.2) is 54.9 Å². The van der Waals surface area contributed by atoms with Crippen LogP contribution in [0, 0.1) is 15.9 Å². The highest BCUT2D eigenvalue weighted by molar-refractivity contribution is 6.05. The zero-order chi connectivity index (χ0) is 19.7. The second-order valence-electron chi connectivity index (χ2n) is 6.48. The molecule has 1 fully saturated rings. The van der Waals surface area contributed by atoms with Crippen molar-refractivity contribution in [1.82, 2.24) is 9.78 Å². The van der Waals surface area contributed by atoms with Crippen molar-refractivity contribution in [3.05, 3.63) is 76.4 Å². The Kier molecular flexibility index (Phi) is 4.48. The summed E-state index contributed by atoms with van der Waals surface area (Å²) in [4.78, 5) is 23.3. The van der Waals surface area contributed by atoms with E-state index >= 15 is 0 Å². The zero-order valence-electron chi connectivity index (χ0n) is 14.6. The van der Waals surface area contributed by atoms with Gasteiger partial charge >= 0.3 is 0 Å². The minimum absolute atomic E-state index is 0.115. The number of amides is 1. The Morgan fingerprint density at radius 1 is 1.25 bits per heavy atom. The highest BCUT2D eigenvalue weighted by atomic mass is 19.1. The lowest BCUT2D eigenvalue weighted by atomic mass is 10.1. The summed E-state index contributed by atoms with van der Waals surface area (Å²) < 4.78 is 15.7. The third-order valence-electron chi connectivity index (χ3n) is 4.35. The molecular formula is C19H16FN5O3. The molecule has 142 valence electrons. The molecule has 0 saturated heterocycles. The van der Waals surface area contributed by atoms with Crippen molar-refractivity contribution < 1.29 is 14.1 Å². The Hall–Kier alpha value is -3.75. The van der Waals surface area contributed by atoms with Crippen LogP contribution in [0.5, 0.6) is 0 Å². The molecule has 0 atom stereocenters. The average Bonchev–Trinajstić information content (AvgIpc) is 3.31. The van der Waals surface area contributed by atoms with Gasteiger partial charge in [-0.15, -0.1) is 0 Å². The molecule has 1 amide bonds. The fourth-order valence-electron chi connectivity index (χ4n) is 2.78. The summed E-state index contributed by atoms with van der Waals surface area (Å²) in [6, 6.07) is 10.4. The molecule has 0 radical (unpaired) electrons. The van der Waals surface area contributed by atoms with Gasteiger partial charge in [0.25, 0.3) is 11.6 Å². The van der Waals surface area contributed by atoms with Crippen molar-refractivity contribution in [2.75, 3.05) is 10.6 Å². The number of halogens is 1. The fraction of sp³-hybridized carbons (Fsp3) is 0.158. The van der Waals surface area contributed by atoms with E-state index in [1.54, 1.807) is 12.3 Å². The smallest absolute Gasteiger partial charge is 0.293 e. The molecule has 0 spiro atoms. The molecule has 0 unspecified atom stereocenters. The number of aromatic nitrogens is 2. The first kappa shape index (κ1) is 17.7. The fourth-order valence-corrected chi connectivity index (χ4v) is 2.78. The van der Waals surface area contributed by atoms with Gasteiger partial charge in [-0.2, -0.15) is 5.10 Å². The SMILES string of the molecule is O=C(Nc1ccc(-n2cccn2)c(F)c1)c1ccc(NC2CC2)c([N+](=O)[O-])c1. The molecule has 0 aliphatic heterocycles. The standard InChI is InChI=1S/C19H16FN5O3/c20-15-11-14(5-7-17(15)24-9-1-8-21-24)23-19(26)12-2-6-16(22-13-3-4-13)18(10-12)25(27)28/h1-2,5-11,13,22H,3-4H2,(H,23,26). The van der Waals surface area contributed by atoms with Crippen LogP contribution in [0.25, 0.3) is 5.69 Å². The van der Waals surface area contributed by atoms with E-state index in [0.29, 0.717) is 5.69 Å². The minimum Gasteiger partial charge on any atom is -0.377 e. The first-order chi connectivity index (χ1) is 13.5. The molecule has 1 aliphatic carbocycles. The van der Waals surface area contributed by atoms with Crippen LogP contribution in [-0.2, 0) is 0 Å². The van der Waals surface area contributed by atoms with Crippen LogP contribution < -0.4 is 10.6 Å². The highest BCUT2D eigenvalue weighted by Gasteiger charge is 2.25. The third-order valence-corrected chi connectivity index (χ3v) is 4.35. The number of carbonyl (C=O) groups is 1. The van der Waals surface area contributed by atoms with E-state index in [4.69, 9.17) is 0 Å². The Morgan fingerprint density at radius 3 is 2.71 bits per heavy atom. The second kappa shape index (κ2) is 7.10. The molecule has 0 bridgehead atoms. The molecule has 1 aliphatic rings. The van der Waals surface area contributed by atoms with Crippen LogP contribution in [0.4, 0.5) is 21.5 Å². The summed E-state index contributed by atoms with van der Waals surface area (Å²) in [6.07, 6.45) is 5.08. The summed E-state index contributed by atoms with van der Waals surface area (Å²) in [7, 11) is 0. The van der Waals surface area contributed by atoms with Gasteiger partial charge in [0.05, 0.1) is 4.92 Å². The van der Waals surface area contributed by atoms with E-state index in [9.17, 15) is 19.3 Å². The molecule has 1 heterocycles. The van der Waals surface area contributed by atoms with Crippen molar-refractivity contribution in [3.8, 4) is 5.69 Å². The summed E-state index contributed by atoms with van der Waals surface area (Å²) in [5.41, 5.74) is 0.818. The first-order valence-corrected chi connectivity index (χ1v) is 8.67. The molecule has 28 heavy (non-hydrogen) atoms. The van der Waals surface area contributed by atoms with Crippen LogP contribution in [0.1, 0.15) is 23.2 Å². The molecule has 9 heteroatoms. The lowest BCUT2D eigenvalue weighted by molar-refractivity contribution is -0.384. The van der Waals surface area contributed by atoms with Gasteiger partial charge in [-0.3, -0.25) is 14.9 Å². The predicted molar refractivity (Wildman–Crippen MR) is 101 cm³/mol. The minimum atomic E-state index is -0.563. The Balaban J connectivity index is 1.54. The Bertz CT molecular complexity index is 1050. The first-order valence-electron chi connectivity index (χ1n) is 8.67. The third kappa shape index (κ3) is 3.68. The van der Waals surface area contributed by atoms with Crippen molar-refractivity contribution in [2.45, 2.75) is 18.9 Å². The maximum Gasteiger partial charge on any atom is 0.293 e. The predicted octanol–water partition coefficient (Wildman–Crippen LogP) is 3.75. The number of nitro groups is 1. The van der Waals surface area contributed by atoms with Crippen LogP contribution in [0.3, 0.4) is 0 Å². The van der Waals surface area contributed by atoms with Gasteiger partial charge in [-0.1, -0.05) is 0 Å². The summed E-state index contributed by atoms with van der Waals surface area (Å²) in [6.45, 7) is 0. The number of nitro benzene ring substituents is 1. The van der Waals surface area contributed by atoms with E-state index in [1.165, 1.54) is 47.3 Å². The largest absolute Gasteiger partial charge is 0.377 e.